The molecule has 0 saturated carbocycles. The summed E-state index contributed by atoms with van der Waals surface area (Å²) < 4.78 is 4.53. The fourth-order valence-corrected chi connectivity index (χ4v) is 0.551. The number of alkyl carbamates (subject to hydrolysis) is 1. The van der Waals surface area contributed by atoms with Crippen molar-refractivity contribution < 1.29 is 14.3 Å². The van der Waals surface area contributed by atoms with E-state index in [4.69, 9.17) is 6.42 Å². The van der Waals surface area contributed by atoms with E-state index in [-0.39, 0.29) is 12.4 Å². The van der Waals surface area contributed by atoms with Crippen LogP contribution in [-0.2, 0) is 9.53 Å². The first kappa shape index (κ1) is 10.5. The molecule has 0 aliphatic carbocycles. The Hall–Kier alpha value is -1.50. The molecule has 0 rings (SSSR count). The van der Waals surface area contributed by atoms with Crippen molar-refractivity contribution in [2.24, 2.45) is 0 Å². The Kier molecular flexibility index (Phi) is 4.54. The summed E-state index contributed by atoms with van der Waals surface area (Å²) in [7, 11) is 0. The second kappa shape index (κ2) is 5.19. The maximum atomic E-state index is 10.7. The van der Waals surface area contributed by atoms with Crippen LogP contribution in [0, 0.1) is 12.3 Å². The number of carbonyl (C=O) groups is 2. The molecule has 1 amide bonds. The minimum absolute atomic E-state index is 0.251. The van der Waals surface area contributed by atoms with Crippen LogP contribution in [0.3, 0.4) is 0 Å². The van der Waals surface area contributed by atoms with Gasteiger partial charge in [-0.3, -0.25) is 4.79 Å². The number of amides is 1. The van der Waals surface area contributed by atoms with Gasteiger partial charge in [-0.15, -0.1) is 6.42 Å². The summed E-state index contributed by atoms with van der Waals surface area (Å²) in [6.07, 6.45) is 4.31. The number of Topliss-reactive ketones (excluding diaryl/α,β-unsaturated/α-hetero) is 1. The first-order valence-electron chi connectivity index (χ1n) is 3.51. The number of nitrogens with one attached hydrogen (secondary N) is 1. The van der Waals surface area contributed by atoms with Gasteiger partial charge in [0.2, 0.25) is 0 Å². The highest BCUT2D eigenvalue weighted by Gasteiger charge is 2.13. The first-order chi connectivity index (χ1) is 5.61. The predicted octanol–water partition coefficient (Wildman–Crippen LogP) is 0.323. The highest BCUT2D eigenvalue weighted by molar-refractivity contribution is 5.88. The third kappa shape index (κ3) is 3.62. The fourth-order valence-electron chi connectivity index (χ4n) is 0.551. The molecule has 0 bridgehead atoms. The van der Waals surface area contributed by atoms with Gasteiger partial charge in [-0.2, -0.15) is 0 Å². The lowest BCUT2D eigenvalue weighted by Crippen LogP contribution is -2.38. The van der Waals surface area contributed by atoms with E-state index in [1.165, 1.54) is 6.92 Å². The fraction of sp³-hybridized carbons (Fsp3) is 0.500. The van der Waals surface area contributed by atoms with Gasteiger partial charge < -0.3 is 10.1 Å². The quantitative estimate of drug-likeness (QED) is 0.619. The lowest BCUT2D eigenvalue weighted by Gasteiger charge is -2.08. The highest BCUT2D eigenvalue weighted by atomic mass is 16.5. The molecule has 0 fully saturated rings. The molecule has 0 aliphatic heterocycles. The first-order valence-corrected chi connectivity index (χ1v) is 3.51. The lowest BCUT2D eigenvalue weighted by molar-refractivity contribution is -0.117. The van der Waals surface area contributed by atoms with Crippen LogP contribution in [0.1, 0.15) is 13.8 Å². The molecule has 0 radical (unpaired) electrons. The Morgan fingerprint density at radius 2 is 2.25 bits per heavy atom. The molecule has 4 heteroatoms. The average Bonchev–Trinajstić information content (AvgIpc) is 2.00. The van der Waals surface area contributed by atoms with Crippen molar-refractivity contribution in [1.82, 2.24) is 5.32 Å². The van der Waals surface area contributed by atoms with Crippen LogP contribution in [0.2, 0.25) is 0 Å². The van der Waals surface area contributed by atoms with Crippen LogP contribution in [-0.4, -0.2) is 24.5 Å². The number of ether oxygens (including phenoxy) is 1. The Labute approximate surface area is 71.3 Å². The molecule has 0 unspecified atom stereocenters. The average molecular weight is 169 g/mol. The van der Waals surface area contributed by atoms with Crippen molar-refractivity contribution in [3.05, 3.63) is 0 Å². The van der Waals surface area contributed by atoms with Crippen molar-refractivity contribution in [2.45, 2.75) is 19.9 Å². The second-order valence-electron chi connectivity index (χ2n) is 2.08. The molecular weight excluding hydrogens is 158 g/mol. The summed E-state index contributed by atoms with van der Waals surface area (Å²) in [4.78, 5) is 21.4. The van der Waals surface area contributed by atoms with Gasteiger partial charge in [-0.05, 0) is 13.8 Å². The van der Waals surface area contributed by atoms with Crippen molar-refractivity contribution >= 4 is 11.9 Å². The molecule has 1 atom stereocenters. The smallest absolute Gasteiger partial charge is 0.408 e. The van der Waals surface area contributed by atoms with Gasteiger partial charge >= 0.3 is 6.09 Å². The molecule has 0 saturated heterocycles. The summed E-state index contributed by atoms with van der Waals surface area (Å²) in [5, 5.41) is 2.22. The Morgan fingerprint density at radius 3 is 2.58 bits per heavy atom. The van der Waals surface area contributed by atoms with Gasteiger partial charge in [0.25, 0.3) is 0 Å². The van der Waals surface area contributed by atoms with Crippen molar-refractivity contribution in [3.8, 4) is 12.3 Å². The molecule has 0 aromatic carbocycles. The van der Waals surface area contributed by atoms with E-state index in [2.05, 4.69) is 16.0 Å². The van der Waals surface area contributed by atoms with Crippen molar-refractivity contribution in [3.63, 3.8) is 0 Å². The van der Waals surface area contributed by atoms with Gasteiger partial charge in [0.1, 0.15) is 0 Å². The van der Waals surface area contributed by atoms with E-state index in [0.29, 0.717) is 0 Å². The number of hydrogen-bond acceptors (Lipinski definition) is 3. The summed E-state index contributed by atoms with van der Waals surface area (Å²) in [6, 6.07) is -0.885. The largest absolute Gasteiger partial charge is 0.450 e. The van der Waals surface area contributed by atoms with Gasteiger partial charge in [0.05, 0.1) is 6.61 Å². The van der Waals surface area contributed by atoms with Crippen molar-refractivity contribution in [2.75, 3.05) is 6.61 Å². The van der Waals surface area contributed by atoms with Gasteiger partial charge in [0.15, 0.2) is 11.8 Å². The maximum absolute atomic E-state index is 10.7. The number of carbonyl (C=O) groups excluding carboxylic acids is 2. The normalized spacial score (nSPS) is 11.1. The Morgan fingerprint density at radius 1 is 1.67 bits per heavy atom. The summed E-state index contributed by atoms with van der Waals surface area (Å²) in [5.41, 5.74) is 0. The van der Waals surface area contributed by atoms with Gasteiger partial charge in [-0.1, -0.05) is 5.92 Å². The number of ketones is 1. The van der Waals surface area contributed by atoms with Crippen LogP contribution in [0.25, 0.3) is 0 Å². The van der Waals surface area contributed by atoms with E-state index in [1.54, 1.807) is 6.92 Å². The highest BCUT2D eigenvalue weighted by Crippen LogP contribution is 1.85. The number of terminal acetylenes is 1. The maximum Gasteiger partial charge on any atom is 0.408 e. The third-order valence-electron chi connectivity index (χ3n) is 1.11. The molecule has 0 spiro atoms. The predicted molar refractivity (Wildman–Crippen MR) is 43.5 cm³/mol. The Bertz CT molecular complexity index is 217. The zero-order valence-corrected chi connectivity index (χ0v) is 7.09. The topological polar surface area (TPSA) is 55.4 Å². The standard InChI is InChI=1S/C8H11NO3/c1-4-7(6(3)10)9-8(11)12-5-2/h1,7H,5H2,2-3H3,(H,9,11)/t7-/m0/s1. The van der Waals surface area contributed by atoms with Crippen LogP contribution in [0.4, 0.5) is 4.79 Å². The van der Waals surface area contributed by atoms with E-state index >= 15 is 0 Å². The minimum atomic E-state index is -0.885. The zero-order chi connectivity index (χ0) is 9.56. The zero-order valence-electron chi connectivity index (χ0n) is 7.09. The van der Waals surface area contributed by atoms with E-state index in [0.717, 1.165) is 0 Å². The van der Waals surface area contributed by atoms with Crippen molar-refractivity contribution in [1.29, 1.82) is 0 Å². The molecule has 0 aromatic heterocycles. The van der Waals surface area contributed by atoms with E-state index in [9.17, 15) is 9.59 Å². The molecular formula is C8H11NO3. The monoisotopic (exact) mass is 169 g/mol. The summed E-state index contributed by atoms with van der Waals surface area (Å²) >= 11 is 0. The molecule has 1 N–H and O–H groups in total. The van der Waals surface area contributed by atoms with Crippen LogP contribution >= 0.6 is 0 Å². The van der Waals surface area contributed by atoms with E-state index in [1.807, 2.05) is 0 Å². The lowest BCUT2D eigenvalue weighted by atomic mass is 10.2. The summed E-state index contributed by atoms with van der Waals surface area (Å²) in [5.74, 6) is 1.84. The van der Waals surface area contributed by atoms with Crippen LogP contribution in [0.5, 0.6) is 0 Å². The molecule has 66 valence electrons. The summed E-state index contributed by atoms with van der Waals surface area (Å²) in [6.45, 7) is 3.22. The molecule has 0 aromatic rings. The molecule has 0 aliphatic rings. The Balaban J connectivity index is 3.97. The number of rotatable bonds is 3. The minimum Gasteiger partial charge on any atom is -0.450 e. The SMILES string of the molecule is C#C[C@H](NC(=O)OCC)C(C)=O. The van der Waals surface area contributed by atoms with E-state index < -0.39 is 12.1 Å². The van der Waals surface area contributed by atoms with Gasteiger partial charge in [-0.25, -0.2) is 4.79 Å². The number of hydrogen-bond donors (Lipinski definition) is 1. The molecule has 0 heterocycles. The van der Waals surface area contributed by atoms with Crippen LogP contribution in [0.15, 0.2) is 0 Å². The molecule has 4 nitrogen and oxygen atoms in total. The van der Waals surface area contributed by atoms with Gasteiger partial charge in [0, 0.05) is 0 Å². The third-order valence-corrected chi connectivity index (χ3v) is 1.11. The second-order valence-corrected chi connectivity index (χ2v) is 2.08. The van der Waals surface area contributed by atoms with Crippen LogP contribution < -0.4 is 5.32 Å². The molecule has 12 heavy (non-hydrogen) atoms.